The third-order valence-corrected chi connectivity index (χ3v) is 1.41. The summed E-state index contributed by atoms with van der Waals surface area (Å²) in [5, 5.41) is 25.7. The number of rotatable bonds is 3. The molecule has 0 bridgehead atoms. The maximum Gasteiger partial charge on any atom is 0.513 e. The van der Waals surface area contributed by atoms with Crippen molar-refractivity contribution in [1.29, 1.82) is 0 Å². The zero-order valence-corrected chi connectivity index (χ0v) is 6.48. The van der Waals surface area contributed by atoms with Crippen molar-refractivity contribution in [3.63, 3.8) is 0 Å². The number of carboxylic acid groups (broad SMARTS) is 1. The van der Waals surface area contributed by atoms with Gasteiger partial charge in [-0.05, 0) is 6.42 Å². The molecule has 3 N–H and O–H groups in total. The van der Waals surface area contributed by atoms with Gasteiger partial charge in [-0.25, -0.2) is 9.59 Å². The fourth-order valence-corrected chi connectivity index (χ4v) is 0.495. The molecule has 1 atom stereocenters. The lowest BCUT2D eigenvalue weighted by Gasteiger charge is -2.19. The number of carbonyl (C=O) groups is 2. The molecule has 6 heteroatoms. The van der Waals surface area contributed by atoms with Crippen LogP contribution >= 0.6 is 0 Å². The van der Waals surface area contributed by atoms with Crippen LogP contribution in [-0.4, -0.2) is 39.7 Å². The lowest BCUT2D eigenvalue weighted by atomic mass is 10.0. The Morgan fingerprint density at radius 2 is 2.00 bits per heavy atom. The predicted octanol–water partition coefficient (Wildman–Crippen LogP) is -0.659. The Kier molecular flexibility index (Phi) is 3.65. The van der Waals surface area contributed by atoms with Crippen LogP contribution in [0.2, 0.25) is 0 Å². The molecule has 0 aromatic heterocycles. The van der Waals surface area contributed by atoms with Crippen LogP contribution in [-0.2, 0) is 9.53 Å². The summed E-state index contributed by atoms with van der Waals surface area (Å²) < 4.78 is 3.66. The van der Waals surface area contributed by atoms with Gasteiger partial charge in [0.1, 0.15) is 0 Å². The fourth-order valence-electron chi connectivity index (χ4n) is 0.495. The first-order chi connectivity index (χ1) is 5.46. The van der Waals surface area contributed by atoms with E-state index in [4.69, 9.17) is 15.3 Å². The minimum Gasteiger partial charge on any atom is -0.449 e. The summed E-state index contributed by atoms with van der Waals surface area (Å²) in [7, 11) is 0. The van der Waals surface area contributed by atoms with E-state index in [1.807, 2.05) is 0 Å². The van der Waals surface area contributed by atoms with Gasteiger partial charge in [0.05, 0.1) is 6.61 Å². The highest BCUT2D eigenvalue weighted by molar-refractivity contribution is 5.87. The van der Waals surface area contributed by atoms with E-state index in [1.54, 1.807) is 0 Å². The Bertz CT molecular complexity index is 182. The number of hydrogen-bond acceptors (Lipinski definition) is 5. The molecule has 0 amide bonds. The molecule has 0 spiro atoms. The molecule has 0 saturated heterocycles. The Morgan fingerprint density at radius 1 is 1.50 bits per heavy atom. The van der Waals surface area contributed by atoms with Gasteiger partial charge in [0.15, 0.2) is 5.60 Å². The van der Waals surface area contributed by atoms with Crippen LogP contribution in [0.15, 0.2) is 0 Å². The zero-order valence-electron chi connectivity index (χ0n) is 6.48. The molecule has 70 valence electrons. The molecule has 0 radical (unpaired) electrons. The topological polar surface area (TPSA) is 104 Å². The van der Waals surface area contributed by atoms with Crippen LogP contribution in [0.25, 0.3) is 0 Å². The first-order valence-electron chi connectivity index (χ1n) is 3.24. The first-order valence-corrected chi connectivity index (χ1v) is 3.24. The highest BCUT2D eigenvalue weighted by Crippen LogP contribution is 2.10. The smallest absolute Gasteiger partial charge is 0.449 e. The van der Waals surface area contributed by atoms with Gasteiger partial charge in [0.2, 0.25) is 0 Å². The number of ether oxygens (including phenoxy) is 1. The average Bonchev–Trinajstić information content (AvgIpc) is 2.02. The summed E-state index contributed by atoms with van der Waals surface area (Å²) in [5.74, 6) is -1.36. The van der Waals surface area contributed by atoms with Crippen molar-refractivity contribution in [1.82, 2.24) is 0 Å². The van der Waals surface area contributed by atoms with E-state index >= 15 is 0 Å². The van der Waals surface area contributed by atoms with Gasteiger partial charge in [-0.3, -0.25) is 0 Å². The summed E-state index contributed by atoms with van der Waals surface area (Å²) in [6.07, 6.45) is -1.92. The van der Waals surface area contributed by atoms with Crippen LogP contribution in [0.3, 0.4) is 0 Å². The highest BCUT2D eigenvalue weighted by atomic mass is 16.7. The SMILES string of the molecule is CCC(O)(CO)C(=O)OC(=O)O. The van der Waals surface area contributed by atoms with E-state index in [0.29, 0.717) is 0 Å². The Hall–Kier alpha value is -1.14. The molecular formula is C6H10O6. The first kappa shape index (κ1) is 10.9. The summed E-state index contributed by atoms with van der Waals surface area (Å²) >= 11 is 0. The molecular weight excluding hydrogens is 168 g/mol. The second-order valence-electron chi connectivity index (χ2n) is 2.20. The van der Waals surface area contributed by atoms with Crippen molar-refractivity contribution in [2.24, 2.45) is 0 Å². The molecule has 0 rings (SSSR count). The summed E-state index contributed by atoms with van der Waals surface area (Å²) in [5.41, 5.74) is -2.11. The van der Waals surface area contributed by atoms with Gasteiger partial charge in [-0.15, -0.1) is 0 Å². The number of hydrogen-bond donors (Lipinski definition) is 3. The number of esters is 1. The zero-order chi connectivity index (χ0) is 9.78. The maximum atomic E-state index is 10.7. The average molecular weight is 178 g/mol. The van der Waals surface area contributed by atoms with Crippen molar-refractivity contribution in [2.45, 2.75) is 18.9 Å². The number of aliphatic hydroxyl groups excluding tert-OH is 1. The van der Waals surface area contributed by atoms with Crippen LogP contribution < -0.4 is 0 Å². The van der Waals surface area contributed by atoms with Crippen LogP contribution in [0.1, 0.15) is 13.3 Å². The summed E-state index contributed by atoms with van der Waals surface area (Å²) in [6, 6.07) is 0. The van der Waals surface area contributed by atoms with Crippen LogP contribution in [0.4, 0.5) is 4.79 Å². The minimum atomic E-state index is -2.11. The van der Waals surface area contributed by atoms with E-state index in [1.165, 1.54) is 6.92 Å². The van der Waals surface area contributed by atoms with Gasteiger partial charge >= 0.3 is 12.1 Å². The van der Waals surface area contributed by atoms with E-state index in [2.05, 4.69) is 4.74 Å². The minimum absolute atomic E-state index is 0.115. The number of aliphatic hydroxyl groups is 2. The molecule has 0 aromatic rings. The van der Waals surface area contributed by atoms with Crippen molar-refractivity contribution in [2.75, 3.05) is 6.61 Å². The molecule has 6 nitrogen and oxygen atoms in total. The second-order valence-corrected chi connectivity index (χ2v) is 2.20. The fraction of sp³-hybridized carbons (Fsp3) is 0.667. The van der Waals surface area contributed by atoms with Crippen molar-refractivity contribution >= 4 is 12.1 Å². The van der Waals surface area contributed by atoms with Crippen molar-refractivity contribution < 1.29 is 29.6 Å². The van der Waals surface area contributed by atoms with Crippen LogP contribution in [0, 0.1) is 0 Å². The monoisotopic (exact) mass is 178 g/mol. The Morgan fingerprint density at radius 3 is 2.25 bits per heavy atom. The quantitative estimate of drug-likeness (QED) is 0.391. The van der Waals surface area contributed by atoms with Crippen LogP contribution in [0.5, 0.6) is 0 Å². The maximum absolute atomic E-state index is 10.7. The summed E-state index contributed by atoms with van der Waals surface area (Å²) in [6.45, 7) is 0.551. The van der Waals surface area contributed by atoms with Gasteiger partial charge < -0.3 is 20.1 Å². The van der Waals surface area contributed by atoms with Gasteiger partial charge in [0, 0.05) is 0 Å². The molecule has 0 heterocycles. The molecule has 0 aliphatic carbocycles. The largest absolute Gasteiger partial charge is 0.513 e. The van der Waals surface area contributed by atoms with E-state index in [9.17, 15) is 9.59 Å². The lowest BCUT2D eigenvalue weighted by Crippen LogP contribution is -2.43. The van der Waals surface area contributed by atoms with Crippen molar-refractivity contribution in [3.8, 4) is 0 Å². The van der Waals surface area contributed by atoms with Gasteiger partial charge in [0.25, 0.3) is 0 Å². The predicted molar refractivity (Wildman–Crippen MR) is 36.4 cm³/mol. The molecule has 0 fully saturated rings. The second kappa shape index (κ2) is 4.03. The molecule has 0 aliphatic heterocycles. The summed E-state index contributed by atoms with van der Waals surface area (Å²) in [4.78, 5) is 20.6. The molecule has 12 heavy (non-hydrogen) atoms. The van der Waals surface area contributed by atoms with E-state index in [-0.39, 0.29) is 6.42 Å². The Balaban J connectivity index is 4.32. The standard InChI is InChI=1S/C6H10O6/c1-2-6(11,3-7)4(8)12-5(9)10/h7,11H,2-3H2,1H3,(H,9,10). The van der Waals surface area contributed by atoms with Crippen molar-refractivity contribution in [3.05, 3.63) is 0 Å². The lowest BCUT2D eigenvalue weighted by molar-refractivity contribution is -0.164. The Labute approximate surface area is 68.4 Å². The third kappa shape index (κ3) is 2.48. The third-order valence-electron chi connectivity index (χ3n) is 1.41. The molecule has 1 unspecified atom stereocenters. The molecule has 0 aliphatic rings. The van der Waals surface area contributed by atoms with Gasteiger partial charge in [-0.2, -0.15) is 0 Å². The normalized spacial score (nSPS) is 14.9. The van der Waals surface area contributed by atoms with E-state index in [0.717, 1.165) is 0 Å². The van der Waals surface area contributed by atoms with Gasteiger partial charge in [-0.1, -0.05) is 6.92 Å². The molecule has 0 aromatic carbocycles. The highest BCUT2D eigenvalue weighted by Gasteiger charge is 2.36. The number of carbonyl (C=O) groups excluding carboxylic acids is 1. The van der Waals surface area contributed by atoms with E-state index < -0.39 is 24.3 Å². The molecule has 0 saturated carbocycles.